The monoisotopic (exact) mass is 249 g/mol. The van der Waals surface area contributed by atoms with Gasteiger partial charge in [-0.1, -0.05) is 12.1 Å². The SMILES string of the molecule is CN1CCC(OCc2ccc(C(=O)O)cc2)CC1. The predicted molar refractivity (Wildman–Crippen MR) is 68.7 cm³/mol. The second-order valence-corrected chi connectivity index (χ2v) is 4.82. The lowest BCUT2D eigenvalue weighted by atomic mass is 10.1. The number of carboxylic acids is 1. The van der Waals surface area contributed by atoms with Crippen molar-refractivity contribution in [2.75, 3.05) is 20.1 Å². The summed E-state index contributed by atoms with van der Waals surface area (Å²) in [4.78, 5) is 13.0. The number of aromatic carboxylic acids is 1. The van der Waals surface area contributed by atoms with Crippen molar-refractivity contribution in [1.29, 1.82) is 0 Å². The molecule has 0 aliphatic carbocycles. The lowest BCUT2D eigenvalue weighted by molar-refractivity contribution is 0.00212. The summed E-state index contributed by atoms with van der Waals surface area (Å²) >= 11 is 0. The van der Waals surface area contributed by atoms with Crippen LogP contribution in [-0.4, -0.2) is 42.2 Å². The van der Waals surface area contributed by atoms with Crippen molar-refractivity contribution in [2.24, 2.45) is 0 Å². The smallest absolute Gasteiger partial charge is 0.335 e. The molecule has 2 rings (SSSR count). The van der Waals surface area contributed by atoms with E-state index < -0.39 is 5.97 Å². The molecule has 1 saturated heterocycles. The van der Waals surface area contributed by atoms with Gasteiger partial charge in [0.2, 0.25) is 0 Å². The summed E-state index contributed by atoms with van der Waals surface area (Å²) < 4.78 is 5.84. The first-order valence-corrected chi connectivity index (χ1v) is 6.27. The van der Waals surface area contributed by atoms with Crippen molar-refractivity contribution in [3.8, 4) is 0 Å². The van der Waals surface area contributed by atoms with E-state index in [-0.39, 0.29) is 0 Å². The Hall–Kier alpha value is -1.39. The van der Waals surface area contributed by atoms with E-state index in [1.165, 1.54) is 0 Å². The van der Waals surface area contributed by atoms with Crippen LogP contribution in [0.25, 0.3) is 0 Å². The highest BCUT2D eigenvalue weighted by molar-refractivity contribution is 5.87. The Morgan fingerprint density at radius 2 is 1.94 bits per heavy atom. The number of hydrogen-bond acceptors (Lipinski definition) is 3. The van der Waals surface area contributed by atoms with Crippen LogP contribution in [-0.2, 0) is 11.3 Å². The van der Waals surface area contributed by atoms with Gasteiger partial charge in [0, 0.05) is 13.1 Å². The largest absolute Gasteiger partial charge is 0.478 e. The molecule has 1 heterocycles. The Bertz CT molecular complexity index is 394. The van der Waals surface area contributed by atoms with Crippen molar-refractivity contribution in [3.05, 3.63) is 35.4 Å². The van der Waals surface area contributed by atoms with E-state index in [2.05, 4.69) is 11.9 Å². The van der Waals surface area contributed by atoms with Gasteiger partial charge in [-0.3, -0.25) is 0 Å². The van der Waals surface area contributed by atoms with Crippen LogP contribution in [0.5, 0.6) is 0 Å². The van der Waals surface area contributed by atoms with Crippen LogP contribution in [0.1, 0.15) is 28.8 Å². The summed E-state index contributed by atoms with van der Waals surface area (Å²) in [7, 11) is 2.13. The molecule has 0 radical (unpaired) electrons. The highest BCUT2D eigenvalue weighted by Crippen LogP contribution is 2.14. The lowest BCUT2D eigenvalue weighted by Gasteiger charge is -2.28. The summed E-state index contributed by atoms with van der Waals surface area (Å²) in [6.07, 6.45) is 2.48. The minimum absolute atomic E-state index is 0.318. The second kappa shape index (κ2) is 5.98. The zero-order valence-corrected chi connectivity index (χ0v) is 10.6. The fraction of sp³-hybridized carbons (Fsp3) is 0.500. The average molecular weight is 249 g/mol. The van der Waals surface area contributed by atoms with Crippen molar-refractivity contribution in [3.63, 3.8) is 0 Å². The number of likely N-dealkylation sites (tertiary alicyclic amines) is 1. The molecule has 0 saturated carbocycles. The Kier molecular flexibility index (Phi) is 4.33. The van der Waals surface area contributed by atoms with Crippen LogP contribution >= 0.6 is 0 Å². The van der Waals surface area contributed by atoms with Gasteiger partial charge in [0.05, 0.1) is 18.3 Å². The topological polar surface area (TPSA) is 49.8 Å². The fourth-order valence-corrected chi connectivity index (χ4v) is 2.11. The van der Waals surface area contributed by atoms with E-state index in [0.717, 1.165) is 31.5 Å². The number of nitrogens with zero attached hydrogens (tertiary/aromatic N) is 1. The molecule has 4 heteroatoms. The molecule has 0 bridgehead atoms. The van der Waals surface area contributed by atoms with Gasteiger partial charge in [-0.15, -0.1) is 0 Å². The molecule has 0 unspecified atom stereocenters. The van der Waals surface area contributed by atoms with Gasteiger partial charge in [0.15, 0.2) is 0 Å². The van der Waals surface area contributed by atoms with Gasteiger partial charge in [0.1, 0.15) is 0 Å². The van der Waals surface area contributed by atoms with Gasteiger partial charge in [-0.2, -0.15) is 0 Å². The Balaban J connectivity index is 1.81. The summed E-state index contributed by atoms with van der Waals surface area (Å²) in [6, 6.07) is 6.88. The van der Waals surface area contributed by atoms with Gasteiger partial charge in [-0.25, -0.2) is 4.79 Å². The minimum atomic E-state index is -0.891. The van der Waals surface area contributed by atoms with Crippen LogP contribution in [0, 0.1) is 0 Å². The first kappa shape index (κ1) is 13.1. The number of ether oxygens (including phenoxy) is 1. The van der Waals surface area contributed by atoms with Gasteiger partial charge in [-0.05, 0) is 37.6 Å². The molecule has 4 nitrogen and oxygen atoms in total. The third-order valence-corrected chi connectivity index (χ3v) is 3.35. The third-order valence-electron chi connectivity index (χ3n) is 3.35. The molecule has 1 aromatic carbocycles. The zero-order chi connectivity index (χ0) is 13.0. The van der Waals surface area contributed by atoms with E-state index >= 15 is 0 Å². The van der Waals surface area contributed by atoms with E-state index in [0.29, 0.717) is 18.3 Å². The molecule has 1 aliphatic heterocycles. The quantitative estimate of drug-likeness (QED) is 0.886. The lowest BCUT2D eigenvalue weighted by Crippen LogP contribution is -2.34. The fourth-order valence-electron chi connectivity index (χ4n) is 2.11. The summed E-state index contributed by atoms with van der Waals surface area (Å²) in [5.74, 6) is -0.891. The van der Waals surface area contributed by atoms with Crippen molar-refractivity contribution in [1.82, 2.24) is 4.90 Å². The Labute approximate surface area is 107 Å². The number of hydrogen-bond donors (Lipinski definition) is 1. The predicted octanol–water partition coefficient (Wildman–Crippen LogP) is 2.00. The van der Waals surface area contributed by atoms with Crippen LogP contribution < -0.4 is 0 Å². The summed E-state index contributed by atoms with van der Waals surface area (Å²) in [5, 5.41) is 8.80. The van der Waals surface area contributed by atoms with Crippen LogP contribution in [0.2, 0.25) is 0 Å². The van der Waals surface area contributed by atoms with Gasteiger partial charge in [0.25, 0.3) is 0 Å². The molecule has 1 aromatic rings. The molecule has 18 heavy (non-hydrogen) atoms. The molecule has 0 spiro atoms. The van der Waals surface area contributed by atoms with Gasteiger partial charge >= 0.3 is 5.97 Å². The maximum atomic E-state index is 10.7. The molecular weight excluding hydrogens is 230 g/mol. The van der Waals surface area contributed by atoms with Crippen LogP contribution in [0.3, 0.4) is 0 Å². The first-order chi connectivity index (χ1) is 8.65. The Morgan fingerprint density at radius 3 is 2.50 bits per heavy atom. The van der Waals surface area contributed by atoms with Crippen LogP contribution in [0.15, 0.2) is 24.3 Å². The molecule has 0 atom stereocenters. The molecule has 0 aromatic heterocycles. The normalized spacial score (nSPS) is 17.8. The molecule has 1 fully saturated rings. The van der Waals surface area contributed by atoms with Gasteiger partial charge < -0.3 is 14.7 Å². The molecule has 1 aliphatic rings. The maximum Gasteiger partial charge on any atom is 0.335 e. The third kappa shape index (κ3) is 3.55. The molecule has 98 valence electrons. The highest BCUT2D eigenvalue weighted by atomic mass is 16.5. The van der Waals surface area contributed by atoms with Crippen molar-refractivity contribution >= 4 is 5.97 Å². The van der Waals surface area contributed by atoms with Crippen molar-refractivity contribution in [2.45, 2.75) is 25.6 Å². The van der Waals surface area contributed by atoms with E-state index in [9.17, 15) is 4.79 Å². The van der Waals surface area contributed by atoms with Crippen molar-refractivity contribution < 1.29 is 14.6 Å². The first-order valence-electron chi connectivity index (χ1n) is 6.27. The maximum absolute atomic E-state index is 10.7. The Morgan fingerprint density at radius 1 is 1.33 bits per heavy atom. The molecule has 0 amide bonds. The standard InChI is InChI=1S/C14H19NO3/c1-15-8-6-13(7-9-15)18-10-11-2-4-12(5-3-11)14(16)17/h2-5,13H,6-10H2,1H3,(H,16,17). The van der Waals surface area contributed by atoms with E-state index in [4.69, 9.17) is 9.84 Å². The molecular formula is C14H19NO3. The zero-order valence-electron chi connectivity index (χ0n) is 10.6. The number of carbonyl (C=O) groups is 1. The highest BCUT2D eigenvalue weighted by Gasteiger charge is 2.16. The summed E-state index contributed by atoms with van der Waals surface area (Å²) in [5.41, 5.74) is 1.34. The number of carboxylic acid groups (broad SMARTS) is 1. The van der Waals surface area contributed by atoms with E-state index in [1.807, 2.05) is 12.1 Å². The second-order valence-electron chi connectivity index (χ2n) is 4.82. The summed E-state index contributed by atoms with van der Waals surface area (Å²) in [6.45, 7) is 2.74. The average Bonchev–Trinajstić information content (AvgIpc) is 2.38. The van der Waals surface area contributed by atoms with E-state index in [1.54, 1.807) is 12.1 Å². The number of benzene rings is 1. The van der Waals surface area contributed by atoms with Crippen LogP contribution in [0.4, 0.5) is 0 Å². The minimum Gasteiger partial charge on any atom is -0.478 e. The number of piperidine rings is 1. The molecule has 1 N–H and O–H groups in total. The number of rotatable bonds is 4.